The van der Waals surface area contributed by atoms with Crippen LogP contribution in [0.15, 0.2) is 0 Å². The van der Waals surface area contributed by atoms with E-state index < -0.39 is 11.0 Å². The van der Waals surface area contributed by atoms with Gasteiger partial charge >= 0.3 is 0 Å². The molecule has 0 radical (unpaired) electrons. The van der Waals surface area contributed by atoms with E-state index in [0.29, 0.717) is 24.7 Å². The largest absolute Gasteiger partial charge is 0.388 e. The van der Waals surface area contributed by atoms with Crippen molar-refractivity contribution < 1.29 is 5.11 Å². The number of hydrogen-bond acceptors (Lipinski definition) is 2. The van der Waals surface area contributed by atoms with E-state index in [4.69, 9.17) is 0 Å². The molecular weight excluding hydrogens is 186 g/mol. The normalized spacial score (nSPS) is 39.3. The fraction of sp³-hybridized carbons (Fsp3) is 0.923. The Morgan fingerprint density at radius 1 is 1.40 bits per heavy atom. The van der Waals surface area contributed by atoms with Crippen molar-refractivity contribution in [2.24, 2.45) is 17.3 Å². The zero-order valence-electron chi connectivity index (χ0n) is 9.79. The van der Waals surface area contributed by atoms with E-state index in [1.165, 1.54) is 12.8 Å². The molecule has 0 aromatic carbocycles. The minimum absolute atomic E-state index is 0.431. The molecule has 0 heterocycles. The van der Waals surface area contributed by atoms with Crippen LogP contribution in [0, 0.1) is 28.6 Å². The summed E-state index contributed by atoms with van der Waals surface area (Å²) in [5, 5.41) is 20.2. The van der Waals surface area contributed by atoms with Crippen LogP contribution < -0.4 is 0 Å². The molecule has 84 valence electrons. The third-order valence-corrected chi connectivity index (χ3v) is 5.05. The summed E-state index contributed by atoms with van der Waals surface area (Å²) in [7, 11) is 0. The van der Waals surface area contributed by atoms with Crippen molar-refractivity contribution in [3.8, 4) is 6.07 Å². The second-order valence-corrected chi connectivity index (χ2v) is 5.40. The zero-order chi connectivity index (χ0) is 11.1. The van der Waals surface area contributed by atoms with E-state index in [1.54, 1.807) is 0 Å². The topological polar surface area (TPSA) is 44.0 Å². The summed E-state index contributed by atoms with van der Waals surface area (Å²) in [6.07, 6.45) is 5.96. The molecule has 2 bridgehead atoms. The first kappa shape index (κ1) is 11.0. The lowest BCUT2D eigenvalue weighted by atomic mass is 9.61. The summed E-state index contributed by atoms with van der Waals surface area (Å²) in [6, 6.07) is 2.50. The Labute approximate surface area is 92.3 Å². The van der Waals surface area contributed by atoms with E-state index in [1.807, 2.05) is 13.8 Å². The van der Waals surface area contributed by atoms with Crippen LogP contribution in [0.3, 0.4) is 0 Å². The molecule has 2 aliphatic carbocycles. The van der Waals surface area contributed by atoms with Gasteiger partial charge in [-0.3, -0.25) is 0 Å². The van der Waals surface area contributed by atoms with E-state index in [9.17, 15) is 10.4 Å². The van der Waals surface area contributed by atoms with Gasteiger partial charge in [-0.25, -0.2) is 0 Å². The number of nitriles is 1. The molecule has 1 N–H and O–H groups in total. The predicted octanol–water partition coefficient (Wildman–Crippen LogP) is 2.87. The second-order valence-electron chi connectivity index (χ2n) is 5.40. The van der Waals surface area contributed by atoms with Crippen LogP contribution in [0.25, 0.3) is 0 Å². The third-order valence-electron chi connectivity index (χ3n) is 5.05. The van der Waals surface area contributed by atoms with Crippen LogP contribution in [0.4, 0.5) is 0 Å². The molecule has 0 spiro atoms. The highest BCUT2D eigenvalue weighted by Crippen LogP contribution is 2.61. The average Bonchev–Trinajstić information content (AvgIpc) is 2.88. The van der Waals surface area contributed by atoms with Gasteiger partial charge in [-0.2, -0.15) is 5.26 Å². The summed E-state index contributed by atoms with van der Waals surface area (Å²) in [4.78, 5) is 0. The van der Waals surface area contributed by atoms with E-state index in [0.717, 1.165) is 12.8 Å². The number of hydrogen-bond donors (Lipinski definition) is 1. The maximum absolute atomic E-state index is 10.7. The van der Waals surface area contributed by atoms with Crippen LogP contribution >= 0.6 is 0 Å². The van der Waals surface area contributed by atoms with Crippen molar-refractivity contribution in [1.29, 1.82) is 5.26 Å². The van der Waals surface area contributed by atoms with Crippen LogP contribution in [0.5, 0.6) is 0 Å². The number of aliphatic hydroxyl groups is 1. The third kappa shape index (κ3) is 1.26. The molecule has 0 aromatic rings. The van der Waals surface area contributed by atoms with Gasteiger partial charge in [0.15, 0.2) is 0 Å². The highest BCUT2D eigenvalue weighted by molar-refractivity contribution is 5.19. The number of nitrogens with zero attached hydrogens (tertiary/aromatic N) is 1. The van der Waals surface area contributed by atoms with Gasteiger partial charge in [0.05, 0.1) is 17.1 Å². The van der Waals surface area contributed by atoms with Gasteiger partial charge in [0.1, 0.15) is 0 Å². The molecule has 2 heteroatoms. The Hall–Kier alpha value is -0.550. The molecule has 3 unspecified atom stereocenters. The standard InChI is InChI=1S/C13H21NO/c1-3-13(15,4-2)12(9-14)8-10-5-6-11(12)7-10/h10-11,15H,3-8H2,1-2H3. The fourth-order valence-electron chi connectivity index (χ4n) is 4.02. The first-order valence-corrected chi connectivity index (χ1v) is 6.25. The predicted molar refractivity (Wildman–Crippen MR) is 59.0 cm³/mol. The van der Waals surface area contributed by atoms with Gasteiger partial charge in [0.2, 0.25) is 0 Å². The Morgan fingerprint density at radius 2 is 2.07 bits per heavy atom. The smallest absolute Gasteiger partial charge is 0.0890 e. The molecule has 2 rings (SSSR count). The summed E-state index contributed by atoms with van der Waals surface area (Å²) in [6.45, 7) is 4.02. The Kier molecular flexibility index (Phi) is 2.55. The average molecular weight is 207 g/mol. The molecule has 2 saturated carbocycles. The number of fused-ring (bicyclic) bond motifs is 2. The molecule has 0 saturated heterocycles. The Bertz CT molecular complexity index is 289. The van der Waals surface area contributed by atoms with E-state index >= 15 is 0 Å². The van der Waals surface area contributed by atoms with Crippen molar-refractivity contribution in [2.75, 3.05) is 0 Å². The first-order valence-electron chi connectivity index (χ1n) is 6.25. The van der Waals surface area contributed by atoms with Crippen LogP contribution in [-0.4, -0.2) is 10.7 Å². The van der Waals surface area contributed by atoms with Gasteiger partial charge in [-0.15, -0.1) is 0 Å². The van der Waals surface area contributed by atoms with Crippen LogP contribution in [0.1, 0.15) is 52.4 Å². The fourth-order valence-corrected chi connectivity index (χ4v) is 4.02. The quantitative estimate of drug-likeness (QED) is 0.773. The molecule has 0 aliphatic heterocycles. The van der Waals surface area contributed by atoms with Gasteiger partial charge in [-0.05, 0) is 43.9 Å². The van der Waals surface area contributed by atoms with Gasteiger partial charge < -0.3 is 5.11 Å². The highest BCUT2D eigenvalue weighted by Gasteiger charge is 2.60. The Balaban J connectivity index is 2.35. The minimum Gasteiger partial charge on any atom is -0.388 e. The van der Waals surface area contributed by atoms with E-state index in [-0.39, 0.29) is 0 Å². The molecule has 2 fully saturated rings. The summed E-state index contributed by atoms with van der Waals surface area (Å²) in [5.41, 5.74) is -1.18. The molecule has 15 heavy (non-hydrogen) atoms. The van der Waals surface area contributed by atoms with E-state index in [2.05, 4.69) is 6.07 Å². The molecule has 2 nitrogen and oxygen atoms in total. The van der Waals surface area contributed by atoms with Crippen LogP contribution in [0.2, 0.25) is 0 Å². The minimum atomic E-state index is -0.748. The molecular formula is C13H21NO. The van der Waals surface area contributed by atoms with Crippen LogP contribution in [-0.2, 0) is 0 Å². The van der Waals surface area contributed by atoms with Crippen molar-refractivity contribution in [3.05, 3.63) is 0 Å². The van der Waals surface area contributed by atoms with Crippen molar-refractivity contribution >= 4 is 0 Å². The summed E-state index contributed by atoms with van der Waals surface area (Å²) in [5.74, 6) is 1.16. The van der Waals surface area contributed by atoms with Crippen molar-refractivity contribution in [2.45, 2.75) is 58.0 Å². The zero-order valence-corrected chi connectivity index (χ0v) is 9.79. The van der Waals surface area contributed by atoms with Crippen molar-refractivity contribution in [1.82, 2.24) is 0 Å². The van der Waals surface area contributed by atoms with Gasteiger partial charge in [0.25, 0.3) is 0 Å². The number of rotatable bonds is 3. The second kappa shape index (κ2) is 3.49. The lowest BCUT2D eigenvalue weighted by Gasteiger charge is -2.44. The maximum atomic E-state index is 10.7. The van der Waals surface area contributed by atoms with Crippen molar-refractivity contribution in [3.63, 3.8) is 0 Å². The molecule has 3 atom stereocenters. The van der Waals surface area contributed by atoms with Gasteiger partial charge in [0, 0.05) is 0 Å². The first-order chi connectivity index (χ1) is 7.12. The SMILES string of the molecule is CCC(O)(CC)C1(C#N)CC2CCC1C2. The molecule has 2 aliphatic rings. The monoisotopic (exact) mass is 207 g/mol. The maximum Gasteiger partial charge on any atom is 0.0890 e. The van der Waals surface area contributed by atoms with Gasteiger partial charge in [-0.1, -0.05) is 20.3 Å². The highest BCUT2D eigenvalue weighted by atomic mass is 16.3. The summed E-state index contributed by atoms with van der Waals surface area (Å²) < 4.78 is 0. The molecule has 0 amide bonds. The summed E-state index contributed by atoms with van der Waals surface area (Å²) >= 11 is 0. The lowest BCUT2D eigenvalue weighted by molar-refractivity contribution is -0.0873. The Morgan fingerprint density at radius 3 is 2.40 bits per heavy atom. The lowest BCUT2D eigenvalue weighted by Crippen LogP contribution is -2.50. The molecule has 0 aromatic heterocycles.